The first kappa shape index (κ1) is 13.3. The lowest BCUT2D eigenvalue weighted by Crippen LogP contribution is -2.43. The molecule has 0 spiro atoms. The van der Waals surface area contributed by atoms with Gasteiger partial charge in [0.1, 0.15) is 0 Å². The van der Waals surface area contributed by atoms with Crippen molar-refractivity contribution in [1.82, 2.24) is 9.80 Å². The molecule has 1 rings (SSSR count). The molecule has 0 atom stereocenters. The SMILES string of the molecule is CC/C=C(C)\C=C(/CC)N1CCN(C)CC1. The Labute approximate surface area is 101 Å². The largest absolute Gasteiger partial charge is 0.372 e. The Bertz CT molecular complexity index is 258. The van der Waals surface area contributed by atoms with Crippen molar-refractivity contribution in [3.63, 3.8) is 0 Å². The lowest BCUT2D eigenvalue weighted by Gasteiger charge is -2.35. The first-order valence-electron chi connectivity index (χ1n) is 6.48. The zero-order valence-electron chi connectivity index (χ0n) is 11.3. The van der Waals surface area contributed by atoms with Crippen LogP contribution in [0.1, 0.15) is 33.6 Å². The van der Waals surface area contributed by atoms with Gasteiger partial charge in [-0.15, -0.1) is 0 Å². The van der Waals surface area contributed by atoms with Crippen LogP contribution in [0.2, 0.25) is 0 Å². The molecule has 1 aliphatic rings. The van der Waals surface area contributed by atoms with Crippen molar-refractivity contribution in [3.8, 4) is 0 Å². The van der Waals surface area contributed by atoms with Crippen LogP contribution in [0.25, 0.3) is 0 Å². The summed E-state index contributed by atoms with van der Waals surface area (Å²) in [5.41, 5.74) is 2.90. The van der Waals surface area contributed by atoms with E-state index in [0.29, 0.717) is 0 Å². The number of rotatable bonds is 4. The van der Waals surface area contributed by atoms with Crippen LogP contribution in [-0.4, -0.2) is 43.0 Å². The minimum atomic E-state index is 1.13. The molecule has 0 aromatic heterocycles. The topological polar surface area (TPSA) is 6.48 Å². The number of allylic oxidation sites excluding steroid dienone is 4. The Morgan fingerprint density at radius 1 is 1.12 bits per heavy atom. The van der Waals surface area contributed by atoms with Crippen molar-refractivity contribution in [2.45, 2.75) is 33.6 Å². The van der Waals surface area contributed by atoms with E-state index in [1.165, 1.54) is 37.4 Å². The third kappa shape index (κ3) is 4.01. The Kier molecular flexibility index (Phi) is 5.61. The minimum Gasteiger partial charge on any atom is -0.372 e. The maximum Gasteiger partial charge on any atom is 0.0303 e. The monoisotopic (exact) mass is 222 g/mol. The van der Waals surface area contributed by atoms with Gasteiger partial charge in [-0.2, -0.15) is 0 Å². The lowest BCUT2D eigenvalue weighted by molar-refractivity contribution is 0.183. The quantitative estimate of drug-likeness (QED) is 0.675. The van der Waals surface area contributed by atoms with E-state index in [2.05, 4.69) is 49.8 Å². The molecule has 1 heterocycles. The van der Waals surface area contributed by atoms with Gasteiger partial charge in [0.2, 0.25) is 0 Å². The Morgan fingerprint density at radius 3 is 2.25 bits per heavy atom. The van der Waals surface area contributed by atoms with Crippen LogP contribution in [0, 0.1) is 0 Å². The van der Waals surface area contributed by atoms with Gasteiger partial charge < -0.3 is 9.80 Å². The predicted octanol–water partition coefficient (Wildman–Crippen LogP) is 2.88. The summed E-state index contributed by atoms with van der Waals surface area (Å²) in [6, 6.07) is 0. The molecule has 92 valence electrons. The molecule has 2 heteroatoms. The highest BCUT2D eigenvalue weighted by Gasteiger charge is 2.14. The molecule has 0 radical (unpaired) electrons. The predicted molar refractivity (Wildman–Crippen MR) is 71.5 cm³/mol. The van der Waals surface area contributed by atoms with E-state index in [4.69, 9.17) is 0 Å². The molecule has 0 unspecified atom stereocenters. The van der Waals surface area contributed by atoms with Crippen molar-refractivity contribution in [2.75, 3.05) is 33.2 Å². The summed E-state index contributed by atoms with van der Waals surface area (Å²) in [7, 11) is 2.20. The van der Waals surface area contributed by atoms with E-state index in [1.54, 1.807) is 0 Å². The highest BCUT2D eigenvalue weighted by atomic mass is 15.2. The van der Waals surface area contributed by atoms with Gasteiger partial charge >= 0.3 is 0 Å². The smallest absolute Gasteiger partial charge is 0.0303 e. The summed E-state index contributed by atoms with van der Waals surface area (Å²) in [5, 5.41) is 0. The van der Waals surface area contributed by atoms with Gasteiger partial charge in [0.15, 0.2) is 0 Å². The van der Waals surface area contributed by atoms with Gasteiger partial charge in [0.05, 0.1) is 0 Å². The van der Waals surface area contributed by atoms with Crippen molar-refractivity contribution in [3.05, 3.63) is 23.4 Å². The third-order valence-electron chi connectivity index (χ3n) is 3.19. The zero-order chi connectivity index (χ0) is 12.0. The summed E-state index contributed by atoms with van der Waals surface area (Å²) in [6.07, 6.45) is 6.92. The highest BCUT2D eigenvalue weighted by Crippen LogP contribution is 2.14. The Hall–Kier alpha value is -0.760. The number of hydrogen-bond acceptors (Lipinski definition) is 2. The standard InChI is InChI=1S/C14H26N2/c1-5-7-13(3)12-14(6-2)16-10-8-15(4)9-11-16/h7,12H,5-6,8-11H2,1-4H3/b13-7-,14-12+. The average molecular weight is 222 g/mol. The molecule has 1 aliphatic heterocycles. The average Bonchev–Trinajstić information content (AvgIpc) is 2.27. The van der Waals surface area contributed by atoms with Crippen molar-refractivity contribution in [2.24, 2.45) is 0 Å². The van der Waals surface area contributed by atoms with Gasteiger partial charge in [0.25, 0.3) is 0 Å². The van der Waals surface area contributed by atoms with Crippen LogP contribution < -0.4 is 0 Å². The second-order valence-corrected chi connectivity index (χ2v) is 4.64. The van der Waals surface area contributed by atoms with Crippen LogP contribution in [0.5, 0.6) is 0 Å². The van der Waals surface area contributed by atoms with Crippen molar-refractivity contribution >= 4 is 0 Å². The van der Waals surface area contributed by atoms with Crippen LogP contribution in [0.4, 0.5) is 0 Å². The van der Waals surface area contributed by atoms with E-state index in [-0.39, 0.29) is 0 Å². The van der Waals surface area contributed by atoms with Gasteiger partial charge in [-0.05, 0) is 32.9 Å². The van der Waals surface area contributed by atoms with Crippen LogP contribution in [0.3, 0.4) is 0 Å². The van der Waals surface area contributed by atoms with Crippen molar-refractivity contribution in [1.29, 1.82) is 0 Å². The van der Waals surface area contributed by atoms with Crippen LogP contribution in [0.15, 0.2) is 23.4 Å². The summed E-state index contributed by atoms with van der Waals surface area (Å²) in [5.74, 6) is 0. The first-order chi connectivity index (χ1) is 7.67. The van der Waals surface area contributed by atoms with Crippen LogP contribution >= 0.6 is 0 Å². The molecular formula is C14H26N2. The number of hydrogen-bond donors (Lipinski definition) is 0. The fourth-order valence-electron chi connectivity index (χ4n) is 2.15. The molecule has 16 heavy (non-hydrogen) atoms. The van der Waals surface area contributed by atoms with Gasteiger partial charge in [-0.1, -0.05) is 25.5 Å². The van der Waals surface area contributed by atoms with Gasteiger partial charge in [0, 0.05) is 31.9 Å². The van der Waals surface area contributed by atoms with Gasteiger partial charge in [-0.3, -0.25) is 0 Å². The highest BCUT2D eigenvalue weighted by molar-refractivity contribution is 5.21. The Balaban J connectivity index is 2.63. The number of piperazine rings is 1. The molecule has 0 bridgehead atoms. The molecule has 0 aliphatic carbocycles. The fraction of sp³-hybridized carbons (Fsp3) is 0.714. The number of likely N-dealkylation sites (N-methyl/N-ethyl adjacent to an activating group) is 1. The number of nitrogens with zero attached hydrogens (tertiary/aromatic N) is 2. The summed E-state index contributed by atoms with van der Waals surface area (Å²) < 4.78 is 0. The molecule has 0 saturated carbocycles. The molecule has 0 amide bonds. The van der Waals surface area contributed by atoms with Crippen LogP contribution in [-0.2, 0) is 0 Å². The van der Waals surface area contributed by atoms with Crippen molar-refractivity contribution < 1.29 is 0 Å². The molecule has 0 N–H and O–H groups in total. The van der Waals surface area contributed by atoms with E-state index in [1.807, 2.05) is 0 Å². The summed E-state index contributed by atoms with van der Waals surface area (Å²) in [6.45, 7) is 11.4. The lowest BCUT2D eigenvalue weighted by atomic mass is 10.1. The fourth-order valence-corrected chi connectivity index (χ4v) is 2.15. The normalized spacial score (nSPS) is 20.4. The van der Waals surface area contributed by atoms with E-state index < -0.39 is 0 Å². The summed E-state index contributed by atoms with van der Waals surface area (Å²) in [4.78, 5) is 4.94. The Morgan fingerprint density at radius 2 is 1.75 bits per heavy atom. The van der Waals surface area contributed by atoms with E-state index >= 15 is 0 Å². The maximum atomic E-state index is 2.53. The van der Waals surface area contributed by atoms with E-state index in [9.17, 15) is 0 Å². The minimum absolute atomic E-state index is 1.13. The first-order valence-corrected chi connectivity index (χ1v) is 6.48. The molecule has 0 aromatic rings. The molecular weight excluding hydrogens is 196 g/mol. The molecule has 0 aromatic carbocycles. The summed E-state index contributed by atoms with van der Waals surface area (Å²) >= 11 is 0. The molecule has 2 nitrogen and oxygen atoms in total. The second-order valence-electron chi connectivity index (χ2n) is 4.64. The molecule has 1 fully saturated rings. The molecule has 1 saturated heterocycles. The maximum absolute atomic E-state index is 2.53. The third-order valence-corrected chi connectivity index (χ3v) is 3.19. The zero-order valence-corrected chi connectivity index (χ0v) is 11.3. The van der Waals surface area contributed by atoms with E-state index in [0.717, 1.165) is 12.8 Å². The second kappa shape index (κ2) is 6.74. The van der Waals surface area contributed by atoms with Gasteiger partial charge in [-0.25, -0.2) is 0 Å².